The van der Waals surface area contributed by atoms with Gasteiger partial charge in [0.15, 0.2) is 12.6 Å². The molecule has 5 rings (SSSR count). The van der Waals surface area contributed by atoms with E-state index in [2.05, 4.69) is 0 Å². The molecular weight excluding hydrogens is 468 g/mol. The Morgan fingerprint density at radius 2 is 1.54 bits per heavy atom. The normalized spacial score (nSPS) is 26.7. The van der Waals surface area contributed by atoms with Crippen LogP contribution >= 0.6 is 0 Å². The van der Waals surface area contributed by atoms with Crippen LogP contribution in [0.15, 0.2) is 89.8 Å². The number of fused-ring (bicyclic) bond motifs is 1. The molecule has 0 amide bonds. The zero-order chi connectivity index (χ0) is 24.3. The molecule has 2 saturated heterocycles. The molecule has 2 aliphatic heterocycles. The van der Waals surface area contributed by atoms with Gasteiger partial charge in [-0.1, -0.05) is 78.4 Å². The summed E-state index contributed by atoms with van der Waals surface area (Å²) in [6, 6.07) is 25.8. The van der Waals surface area contributed by atoms with Crippen LogP contribution in [0.2, 0.25) is 0 Å². The highest BCUT2D eigenvalue weighted by Crippen LogP contribution is 2.36. The lowest BCUT2D eigenvalue weighted by molar-refractivity contribution is -0.335. The van der Waals surface area contributed by atoms with Crippen LogP contribution in [0.3, 0.4) is 0 Å². The number of benzene rings is 3. The van der Waals surface area contributed by atoms with Crippen LogP contribution in [-0.2, 0) is 39.9 Å². The minimum absolute atomic E-state index is 0.0853. The summed E-state index contributed by atoms with van der Waals surface area (Å²) >= 11 is 0. The van der Waals surface area contributed by atoms with Crippen molar-refractivity contribution in [2.45, 2.75) is 55.7 Å². The van der Waals surface area contributed by atoms with Crippen molar-refractivity contribution in [2.24, 2.45) is 0 Å². The van der Waals surface area contributed by atoms with Crippen molar-refractivity contribution in [2.75, 3.05) is 6.61 Å². The quantitative estimate of drug-likeness (QED) is 0.445. The molecule has 3 aromatic rings. The maximum atomic E-state index is 13.1. The van der Waals surface area contributed by atoms with Gasteiger partial charge in [0.25, 0.3) is 10.1 Å². The lowest BCUT2D eigenvalue weighted by atomic mass is 10.0. The number of aryl methyl sites for hydroxylation is 1. The van der Waals surface area contributed by atoms with Gasteiger partial charge in [-0.15, -0.1) is 0 Å². The first-order valence-corrected chi connectivity index (χ1v) is 13.0. The molecule has 0 unspecified atom stereocenters. The first-order valence-electron chi connectivity index (χ1n) is 11.6. The van der Waals surface area contributed by atoms with E-state index in [1.54, 1.807) is 12.1 Å². The Labute approximate surface area is 205 Å². The zero-order valence-corrected chi connectivity index (χ0v) is 20.2. The van der Waals surface area contributed by atoms with E-state index in [4.69, 9.17) is 23.1 Å². The van der Waals surface area contributed by atoms with Crippen molar-refractivity contribution >= 4 is 10.1 Å². The van der Waals surface area contributed by atoms with Gasteiger partial charge >= 0.3 is 0 Å². The van der Waals surface area contributed by atoms with Crippen LogP contribution in [-0.4, -0.2) is 39.6 Å². The van der Waals surface area contributed by atoms with Gasteiger partial charge in [-0.25, -0.2) is 0 Å². The lowest BCUT2D eigenvalue weighted by Gasteiger charge is -2.44. The Morgan fingerprint density at radius 3 is 2.26 bits per heavy atom. The Morgan fingerprint density at radius 1 is 0.857 bits per heavy atom. The van der Waals surface area contributed by atoms with Gasteiger partial charge in [-0.3, -0.25) is 4.18 Å². The average molecular weight is 497 g/mol. The third kappa shape index (κ3) is 5.81. The average Bonchev–Trinajstić information content (AvgIpc) is 2.88. The first kappa shape index (κ1) is 24.1. The maximum absolute atomic E-state index is 13.1. The maximum Gasteiger partial charge on any atom is 0.297 e. The second kappa shape index (κ2) is 10.6. The number of ether oxygens (including phenoxy) is 4. The van der Waals surface area contributed by atoms with Gasteiger partial charge in [0.05, 0.1) is 24.2 Å². The minimum Gasteiger partial charge on any atom is -0.346 e. The third-order valence-corrected chi connectivity index (χ3v) is 7.44. The zero-order valence-electron chi connectivity index (χ0n) is 19.4. The molecule has 8 heteroatoms. The van der Waals surface area contributed by atoms with E-state index in [-0.39, 0.29) is 17.9 Å². The standard InChI is InChI=1S/C27H28O7S/c1-19-12-14-22(15-13-19)35(28,29)34-24-16-23-25(18-31-26(32-23)21-10-6-3-7-11-21)33-27(24)30-17-20-8-4-2-5-9-20/h2-15,23-27H,16-18H2,1H3/t23-,24-,25+,26+,27-/m0/s1. The fourth-order valence-corrected chi connectivity index (χ4v) is 5.28. The monoisotopic (exact) mass is 496 g/mol. The predicted octanol–water partition coefficient (Wildman–Crippen LogP) is 4.51. The van der Waals surface area contributed by atoms with Crippen molar-refractivity contribution in [3.63, 3.8) is 0 Å². The van der Waals surface area contributed by atoms with Gasteiger partial charge in [-0.05, 0) is 24.6 Å². The fourth-order valence-electron chi connectivity index (χ4n) is 4.20. The number of hydrogen-bond acceptors (Lipinski definition) is 7. The summed E-state index contributed by atoms with van der Waals surface area (Å²) in [6.45, 7) is 2.44. The molecule has 0 aliphatic carbocycles. The Hall–Kier alpha value is -2.59. The van der Waals surface area contributed by atoms with Crippen LogP contribution in [0.25, 0.3) is 0 Å². The molecular formula is C27H28O7S. The van der Waals surface area contributed by atoms with Crippen molar-refractivity contribution in [1.82, 2.24) is 0 Å². The van der Waals surface area contributed by atoms with Crippen LogP contribution in [0.1, 0.15) is 29.4 Å². The van der Waals surface area contributed by atoms with E-state index in [1.807, 2.05) is 67.6 Å². The van der Waals surface area contributed by atoms with E-state index in [0.717, 1.165) is 16.7 Å². The molecule has 2 aliphatic rings. The van der Waals surface area contributed by atoms with Crippen LogP contribution in [0.5, 0.6) is 0 Å². The molecule has 3 aromatic carbocycles. The third-order valence-electron chi connectivity index (χ3n) is 6.09. The molecule has 0 saturated carbocycles. The summed E-state index contributed by atoms with van der Waals surface area (Å²) in [5.41, 5.74) is 2.79. The van der Waals surface area contributed by atoms with Gasteiger partial charge in [0.2, 0.25) is 0 Å². The molecule has 0 radical (unpaired) electrons. The van der Waals surface area contributed by atoms with Crippen LogP contribution < -0.4 is 0 Å². The highest BCUT2D eigenvalue weighted by Gasteiger charge is 2.46. The summed E-state index contributed by atoms with van der Waals surface area (Å²) in [4.78, 5) is 0.0853. The summed E-state index contributed by atoms with van der Waals surface area (Å²) in [5, 5.41) is 0. The van der Waals surface area contributed by atoms with Gasteiger partial charge in [0.1, 0.15) is 12.2 Å². The molecule has 2 fully saturated rings. The predicted molar refractivity (Wildman–Crippen MR) is 128 cm³/mol. The fraction of sp³-hybridized carbons (Fsp3) is 0.333. The van der Waals surface area contributed by atoms with Gasteiger partial charge < -0.3 is 18.9 Å². The Kier molecular flexibility index (Phi) is 7.29. The van der Waals surface area contributed by atoms with Crippen LogP contribution in [0, 0.1) is 6.92 Å². The molecule has 0 bridgehead atoms. The Balaban J connectivity index is 1.34. The Bertz CT molecular complexity index is 1200. The van der Waals surface area contributed by atoms with Crippen molar-refractivity contribution in [3.8, 4) is 0 Å². The summed E-state index contributed by atoms with van der Waals surface area (Å²) in [6.07, 6.45) is -2.89. The highest BCUT2D eigenvalue weighted by atomic mass is 32.2. The van der Waals surface area contributed by atoms with E-state index in [0.29, 0.717) is 6.61 Å². The summed E-state index contributed by atoms with van der Waals surface area (Å²) < 4.78 is 56.1. The molecule has 0 N–H and O–H groups in total. The first-order chi connectivity index (χ1) is 17.0. The molecule has 0 spiro atoms. The topological polar surface area (TPSA) is 80.3 Å². The molecule has 184 valence electrons. The minimum atomic E-state index is -4.04. The van der Waals surface area contributed by atoms with E-state index in [9.17, 15) is 8.42 Å². The number of rotatable bonds is 7. The molecule has 2 heterocycles. The molecule has 7 nitrogen and oxygen atoms in total. The van der Waals surface area contributed by atoms with Crippen molar-refractivity contribution in [3.05, 3.63) is 102 Å². The second-order valence-electron chi connectivity index (χ2n) is 8.73. The molecule has 0 aromatic heterocycles. The van der Waals surface area contributed by atoms with Crippen molar-refractivity contribution < 1.29 is 31.5 Å². The highest BCUT2D eigenvalue weighted by molar-refractivity contribution is 7.86. The van der Waals surface area contributed by atoms with Gasteiger partial charge in [-0.2, -0.15) is 8.42 Å². The van der Waals surface area contributed by atoms with Gasteiger partial charge in [0, 0.05) is 12.0 Å². The molecule has 35 heavy (non-hydrogen) atoms. The smallest absolute Gasteiger partial charge is 0.297 e. The van der Waals surface area contributed by atoms with Crippen LogP contribution in [0.4, 0.5) is 0 Å². The largest absolute Gasteiger partial charge is 0.346 e. The summed E-state index contributed by atoms with van der Waals surface area (Å²) in [7, 11) is -4.04. The van der Waals surface area contributed by atoms with E-state index in [1.165, 1.54) is 12.1 Å². The molecule has 5 atom stereocenters. The van der Waals surface area contributed by atoms with Crippen molar-refractivity contribution in [1.29, 1.82) is 0 Å². The summed E-state index contributed by atoms with van der Waals surface area (Å²) in [5.74, 6) is 0. The second-order valence-corrected chi connectivity index (χ2v) is 10.3. The van der Waals surface area contributed by atoms with E-state index >= 15 is 0 Å². The lowest BCUT2D eigenvalue weighted by Crippen LogP contribution is -2.54. The number of hydrogen-bond donors (Lipinski definition) is 0. The van der Waals surface area contributed by atoms with E-state index < -0.39 is 41.0 Å². The SMILES string of the molecule is Cc1ccc(S(=O)(=O)O[C@H]2C[C@@H]3O[C@H](c4ccccc4)OC[C@H]3O[C@@H]2OCc2ccccc2)cc1.